The van der Waals surface area contributed by atoms with Gasteiger partial charge in [0.15, 0.2) is 11.7 Å². The number of nitrogens with one attached hydrogen (secondary N) is 3. The van der Waals surface area contributed by atoms with Crippen LogP contribution in [-0.2, 0) is 4.79 Å². The summed E-state index contributed by atoms with van der Waals surface area (Å²) in [6.45, 7) is -0.246. The molecule has 0 bridgehead atoms. The van der Waals surface area contributed by atoms with Crippen molar-refractivity contribution in [3.63, 3.8) is 0 Å². The minimum Gasteiger partial charge on any atom is -0.495 e. The van der Waals surface area contributed by atoms with E-state index >= 15 is 0 Å². The molecule has 0 atom stereocenters. The highest BCUT2D eigenvalue weighted by Crippen LogP contribution is 2.35. The van der Waals surface area contributed by atoms with Gasteiger partial charge in [0.25, 0.3) is 11.6 Å². The number of hydrazone groups is 1. The Balaban J connectivity index is 1.43. The fourth-order valence-corrected chi connectivity index (χ4v) is 3.73. The number of para-hydroxylation sites is 2. The van der Waals surface area contributed by atoms with E-state index in [4.69, 9.17) is 21.7 Å². The van der Waals surface area contributed by atoms with Gasteiger partial charge in [-0.05, 0) is 36.5 Å². The Kier molecular flexibility index (Phi) is 7.54. The maximum Gasteiger partial charge on any atom is 0.339 e. The van der Waals surface area contributed by atoms with Crippen molar-refractivity contribution in [3.8, 4) is 11.5 Å². The van der Waals surface area contributed by atoms with E-state index in [1.165, 1.54) is 36.4 Å². The van der Waals surface area contributed by atoms with Crippen molar-refractivity contribution in [3.05, 3.63) is 82.4 Å². The summed E-state index contributed by atoms with van der Waals surface area (Å²) in [5, 5.41) is 20.4. The van der Waals surface area contributed by atoms with Gasteiger partial charge in [-0.1, -0.05) is 24.3 Å². The Labute approximate surface area is 216 Å². The molecule has 1 aliphatic rings. The van der Waals surface area contributed by atoms with E-state index in [1.54, 1.807) is 42.5 Å². The molecule has 0 fully saturated rings. The molecule has 1 heterocycles. The number of carbonyl (C=O) groups is 2. The topological polar surface area (TPSA) is 147 Å². The van der Waals surface area contributed by atoms with E-state index in [-0.39, 0.29) is 23.3 Å². The van der Waals surface area contributed by atoms with Crippen LogP contribution in [0.15, 0.2) is 71.8 Å². The number of methoxy groups -OCH3 is 1. The monoisotopic (exact) mass is 520 g/mol. The van der Waals surface area contributed by atoms with Crippen molar-refractivity contribution in [2.24, 2.45) is 5.10 Å². The number of carbonyl (C=O) groups excluding carboxylic acids is 2. The lowest BCUT2D eigenvalue weighted by Crippen LogP contribution is -2.45. The van der Waals surface area contributed by atoms with Crippen molar-refractivity contribution in [2.75, 3.05) is 29.3 Å². The molecule has 12 nitrogen and oxygen atoms in total. The van der Waals surface area contributed by atoms with Crippen LogP contribution in [0.25, 0.3) is 0 Å². The third kappa shape index (κ3) is 5.97. The highest BCUT2D eigenvalue weighted by Gasteiger charge is 2.29. The number of nitro benzene ring substituents is 1. The zero-order chi connectivity index (χ0) is 26.4. The SMILES string of the molecule is COc1ccccc1NC(=S)N1C(=O)COc2cc(NC(=O)N/N=C/c3cccc([N+](=O)[O-])c3)ccc21. The van der Waals surface area contributed by atoms with E-state index < -0.39 is 11.0 Å². The Hall–Kier alpha value is -5.04. The van der Waals surface area contributed by atoms with Crippen LogP contribution in [0, 0.1) is 10.1 Å². The van der Waals surface area contributed by atoms with Gasteiger partial charge >= 0.3 is 6.03 Å². The molecule has 1 aliphatic heterocycles. The number of non-ortho nitro benzene ring substituents is 1. The molecule has 0 unspecified atom stereocenters. The van der Waals surface area contributed by atoms with Gasteiger partial charge in [0.05, 0.1) is 29.6 Å². The van der Waals surface area contributed by atoms with Crippen LogP contribution in [0.2, 0.25) is 0 Å². The number of benzene rings is 3. The van der Waals surface area contributed by atoms with E-state index in [2.05, 4.69) is 21.2 Å². The molecule has 3 aromatic carbocycles. The number of anilines is 3. The van der Waals surface area contributed by atoms with Gasteiger partial charge in [0, 0.05) is 29.4 Å². The van der Waals surface area contributed by atoms with E-state index in [9.17, 15) is 19.7 Å². The Morgan fingerprint density at radius 3 is 2.76 bits per heavy atom. The molecule has 13 heteroatoms. The fraction of sp³-hybridized carbons (Fsp3) is 0.0833. The standard InChI is InChI=1S/C24H20N6O6S/c1-35-20-8-3-2-7-18(20)27-24(37)29-19-10-9-16(12-21(19)36-14-22(29)31)26-23(32)28-25-13-15-5-4-6-17(11-15)30(33)34/h2-13H,14H2,1H3,(H,27,37)(H2,26,28,32)/b25-13+. The summed E-state index contributed by atoms with van der Waals surface area (Å²) in [6.07, 6.45) is 1.28. The molecule has 0 saturated carbocycles. The minimum atomic E-state index is -0.654. The van der Waals surface area contributed by atoms with Crippen molar-refractivity contribution >= 4 is 58.2 Å². The number of hydrogen-bond acceptors (Lipinski definition) is 8. The van der Waals surface area contributed by atoms with Crippen LogP contribution in [0.5, 0.6) is 11.5 Å². The Bertz CT molecular complexity index is 1410. The Morgan fingerprint density at radius 1 is 1.16 bits per heavy atom. The number of urea groups is 1. The summed E-state index contributed by atoms with van der Waals surface area (Å²) in [7, 11) is 1.53. The predicted octanol–water partition coefficient (Wildman–Crippen LogP) is 3.88. The molecule has 0 spiro atoms. The number of nitro groups is 1. The van der Waals surface area contributed by atoms with E-state index in [0.29, 0.717) is 34.1 Å². The van der Waals surface area contributed by atoms with Crippen molar-refractivity contribution in [1.29, 1.82) is 0 Å². The van der Waals surface area contributed by atoms with Crippen molar-refractivity contribution in [1.82, 2.24) is 5.43 Å². The van der Waals surface area contributed by atoms with Gasteiger partial charge in [0.2, 0.25) is 0 Å². The number of hydrogen-bond donors (Lipinski definition) is 3. The Morgan fingerprint density at radius 2 is 1.97 bits per heavy atom. The first-order valence-electron chi connectivity index (χ1n) is 10.7. The van der Waals surface area contributed by atoms with Gasteiger partial charge in [-0.2, -0.15) is 5.10 Å². The smallest absolute Gasteiger partial charge is 0.339 e. The summed E-state index contributed by atoms with van der Waals surface area (Å²) in [4.78, 5) is 36.5. The largest absolute Gasteiger partial charge is 0.495 e. The van der Waals surface area contributed by atoms with E-state index in [0.717, 1.165) is 0 Å². The summed E-state index contributed by atoms with van der Waals surface area (Å²) in [6, 6.07) is 17.0. The zero-order valence-electron chi connectivity index (χ0n) is 19.3. The second-order valence-electron chi connectivity index (χ2n) is 7.51. The number of amides is 3. The molecule has 0 radical (unpaired) electrons. The number of rotatable bonds is 6. The zero-order valence-corrected chi connectivity index (χ0v) is 20.2. The molecule has 0 aromatic heterocycles. The molecule has 0 aliphatic carbocycles. The van der Waals surface area contributed by atoms with Crippen LogP contribution in [0.1, 0.15) is 5.56 Å². The third-order valence-corrected chi connectivity index (χ3v) is 5.36. The highest BCUT2D eigenvalue weighted by molar-refractivity contribution is 7.80. The van der Waals surface area contributed by atoms with Gasteiger partial charge < -0.3 is 20.1 Å². The van der Waals surface area contributed by atoms with Gasteiger partial charge in [-0.3, -0.25) is 19.8 Å². The molecule has 3 amide bonds. The van der Waals surface area contributed by atoms with Crippen LogP contribution >= 0.6 is 12.2 Å². The van der Waals surface area contributed by atoms with Crippen molar-refractivity contribution < 1.29 is 24.0 Å². The maximum atomic E-state index is 12.6. The van der Waals surface area contributed by atoms with Crippen LogP contribution in [-0.4, -0.2) is 41.9 Å². The molecule has 37 heavy (non-hydrogen) atoms. The first-order chi connectivity index (χ1) is 17.9. The summed E-state index contributed by atoms with van der Waals surface area (Å²) < 4.78 is 10.9. The average Bonchev–Trinajstić information content (AvgIpc) is 2.89. The summed E-state index contributed by atoms with van der Waals surface area (Å²) >= 11 is 5.48. The number of ether oxygens (including phenoxy) is 2. The number of fused-ring (bicyclic) bond motifs is 1. The first kappa shape index (κ1) is 25.1. The van der Waals surface area contributed by atoms with Gasteiger partial charge in [0.1, 0.15) is 11.5 Å². The average molecular weight is 521 g/mol. The maximum absolute atomic E-state index is 12.6. The van der Waals surface area contributed by atoms with Crippen LogP contribution in [0.4, 0.5) is 27.5 Å². The summed E-state index contributed by atoms with van der Waals surface area (Å²) in [5.41, 5.74) is 4.01. The van der Waals surface area contributed by atoms with Crippen LogP contribution in [0.3, 0.4) is 0 Å². The normalized spacial score (nSPS) is 12.4. The molecule has 4 rings (SSSR count). The molecule has 188 valence electrons. The quantitative estimate of drug-likeness (QED) is 0.192. The molecule has 3 aromatic rings. The molecular formula is C24H20N6O6S. The minimum absolute atomic E-state index is 0.0902. The van der Waals surface area contributed by atoms with Crippen LogP contribution < -0.4 is 30.4 Å². The first-order valence-corrected chi connectivity index (χ1v) is 11.1. The second kappa shape index (κ2) is 11.1. The molecule has 0 saturated heterocycles. The highest BCUT2D eigenvalue weighted by atomic mass is 32.1. The van der Waals surface area contributed by atoms with Gasteiger partial charge in [-0.25, -0.2) is 10.2 Å². The second-order valence-corrected chi connectivity index (χ2v) is 7.89. The number of nitrogens with zero attached hydrogens (tertiary/aromatic N) is 3. The lowest BCUT2D eigenvalue weighted by Gasteiger charge is -2.30. The fourth-order valence-electron chi connectivity index (χ4n) is 3.42. The van der Waals surface area contributed by atoms with Gasteiger partial charge in [-0.15, -0.1) is 0 Å². The molecule has 3 N–H and O–H groups in total. The van der Waals surface area contributed by atoms with E-state index in [1.807, 2.05) is 6.07 Å². The third-order valence-electron chi connectivity index (χ3n) is 5.07. The molecular weight excluding hydrogens is 500 g/mol. The van der Waals surface area contributed by atoms with Crippen molar-refractivity contribution in [2.45, 2.75) is 0 Å². The predicted molar refractivity (Wildman–Crippen MR) is 141 cm³/mol. The lowest BCUT2D eigenvalue weighted by molar-refractivity contribution is -0.384. The summed E-state index contributed by atoms with van der Waals surface area (Å²) in [5.74, 6) is 0.528. The lowest BCUT2D eigenvalue weighted by atomic mass is 10.2. The number of thiocarbonyl (C=S) groups is 1.